The van der Waals surface area contributed by atoms with Gasteiger partial charge >= 0.3 is 0 Å². The van der Waals surface area contributed by atoms with Crippen molar-refractivity contribution in [2.24, 2.45) is 0 Å². The van der Waals surface area contributed by atoms with Crippen LogP contribution < -0.4 is 0 Å². The molecule has 4 atom stereocenters. The Labute approximate surface area is 82.8 Å². The monoisotopic (exact) mass is 204 g/mol. The molecule has 0 saturated carbocycles. The van der Waals surface area contributed by atoms with Gasteiger partial charge in [-0.3, -0.25) is 0 Å². The summed E-state index contributed by atoms with van der Waals surface area (Å²) >= 11 is 1.51. The van der Waals surface area contributed by atoms with E-state index in [0.29, 0.717) is 6.42 Å². The predicted molar refractivity (Wildman–Crippen MR) is 53.6 cm³/mol. The molecule has 4 heteroatoms. The Hall–Kier alpha value is -0.0300. The zero-order chi connectivity index (χ0) is 9.84. The number of hydrogen-bond donors (Lipinski definition) is 2. The number of aliphatic hydroxyl groups is 2. The summed E-state index contributed by atoms with van der Waals surface area (Å²) in [6, 6.07) is 0. The summed E-state index contributed by atoms with van der Waals surface area (Å²) < 4.78 is 5.43. The van der Waals surface area contributed by atoms with Gasteiger partial charge in [-0.1, -0.05) is 6.08 Å². The molecule has 0 aromatic carbocycles. The number of thioether (sulfide) groups is 1. The van der Waals surface area contributed by atoms with Crippen molar-refractivity contribution >= 4 is 11.8 Å². The van der Waals surface area contributed by atoms with Crippen LogP contribution in [0.2, 0.25) is 0 Å². The standard InChI is InChI=1S/C9H16O3S/c1-3-4-13-9-8(11)5-7(10)6(2)12-9/h3,6-11H,1,4-5H2,2H3/t6?,7-,8?,9-/m0/s1. The van der Waals surface area contributed by atoms with Crippen molar-refractivity contribution in [2.45, 2.75) is 37.1 Å². The highest BCUT2D eigenvalue weighted by atomic mass is 32.2. The third-order valence-electron chi connectivity index (χ3n) is 2.07. The Morgan fingerprint density at radius 1 is 1.54 bits per heavy atom. The first-order chi connectivity index (χ1) is 6.15. The van der Waals surface area contributed by atoms with Crippen molar-refractivity contribution in [3.05, 3.63) is 12.7 Å². The molecule has 0 spiro atoms. The zero-order valence-electron chi connectivity index (χ0n) is 7.72. The minimum atomic E-state index is -0.573. The first-order valence-electron chi connectivity index (χ1n) is 4.39. The second-order valence-electron chi connectivity index (χ2n) is 3.20. The van der Waals surface area contributed by atoms with Crippen LogP contribution in [0.4, 0.5) is 0 Å². The fraction of sp³-hybridized carbons (Fsp3) is 0.778. The third kappa shape index (κ3) is 2.98. The number of ether oxygens (including phenoxy) is 1. The van der Waals surface area contributed by atoms with Gasteiger partial charge in [0.05, 0.1) is 18.3 Å². The molecule has 3 nitrogen and oxygen atoms in total. The molecule has 76 valence electrons. The quantitative estimate of drug-likeness (QED) is 0.666. The smallest absolute Gasteiger partial charge is 0.130 e. The van der Waals surface area contributed by atoms with Gasteiger partial charge in [-0.15, -0.1) is 18.3 Å². The summed E-state index contributed by atoms with van der Waals surface area (Å²) in [5, 5.41) is 18.9. The average molecular weight is 204 g/mol. The van der Waals surface area contributed by atoms with Crippen LogP contribution in [0.1, 0.15) is 13.3 Å². The predicted octanol–water partition coefficient (Wildman–Crippen LogP) is 0.762. The SMILES string of the molecule is C=CCS[C@@H]1OC(C)[C@@H](O)CC1O. The summed E-state index contributed by atoms with van der Waals surface area (Å²) in [6.07, 6.45) is 0.865. The maximum absolute atomic E-state index is 9.54. The zero-order valence-corrected chi connectivity index (χ0v) is 8.54. The van der Waals surface area contributed by atoms with E-state index in [9.17, 15) is 10.2 Å². The Balaban J connectivity index is 2.41. The van der Waals surface area contributed by atoms with Crippen LogP contribution in [0.5, 0.6) is 0 Å². The molecule has 0 aliphatic carbocycles. The number of hydrogen-bond acceptors (Lipinski definition) is 4. The van der Waals surface area contributed by atoms with E-state index in [4.69, 9.17) is 4.74 Å². The van der Waals surface area contributed by atoms with Crippen molar-refractivity contribution in [3.8, 4) is 0 Å². The number of rotatable bonds is 3. The van der Waals surface area contributed by atoms with Crippen LogP contribution in [0.15, 0.2) is 12.7 Å². The Bertz CT molecular complexity index is 174. The summed E-state index contributed by atoms with van der Waals surface area (Å²) in [6.45, 7) is 5.41. The molecule has 0 radical (unpaired) electrons. The van der Waals surface area contributed by atoms with Crippen LogP contribution in [0, 0.1) is 0 Å². The maximum Gasteiger partial charge on any atom is 0.130 e. The second kappa shape index (κ2) is 5.00. The fourth-order valence-electron chi connectivity index (χ4n) is 1.26. The van der Waals surface area contributed by atoms with E-state index in [2.05, 4.69) is 6.58 Å². The summed E-state index contributed by atoms with van der Waals surface area (Å²) in [7, 11) is 0. The van der Waals surface area contributed by atoms with Crippen LogP contribution in [0.3, 0.4) is 0 Å². The molecule has 2 unspecified atom stereocenters. The van der Waals surface area contributed by atoms with Crippen molar-refractivity contribution in [2.75, 3.05) is 5.75 Å². The van der Waals surface area contributed by atoms with E-state index in [0.717, 1.165) is 5.75 Å². The molecule has 0 aromatic heterocycles. The van der Waals surface area contributed by atoms with Crippen molar-refractivity contribution in [1.29, 1.82) is 0 Å². The molecule has 2 N–H and O–H groups in total. The molecule has 1 fully saturated rings. The lowest BCUT2D eigenvalue weighted by atomic mass is 10.1. The van der Waals surface area contributed by atoms with Gasteiger partial charge in [-0.2, -0.15) is 0 Å². The van der Waals surface area contributed by atoms with Gasteiger partial charge < -0.3 is 14.9 Å². The molecule has 0 aromatic rings. The third-order valence-corrected chi connectivity index (χ3v) is 3.25. The summed E-state index contributed by atoms with van der Waals surface area (Å²) in [5.74, 6) is 0.755. The van der Waals surface area contributed by atoms with E-state index >= 15 is 0 Å². The van der Waals surface area contributed by atoms with Crippen LogP contribution in [0.25, 0.3) is 0 Å². The minimum Gasteiger partial charge on any atom is -0.390 e. The van der Waals surface area contributed by atoms with Gasteiger partial charge in [-0.05, 0) is 6.92 Å². The first kappa shape index (κ1) is 11.0. The van der Waals surface area contributed by atoms with Crippen LogP contribution >= 0.6 is 11.8 Å². The topological polar surface area (TPSA) is 49.7 Å². The molecule has 1 heterocycles. The summed E-state index contributed by atoms with van der Waals surface area (Å²) in [4.78, 5) is 0. The van der Waals surface area contributed by atoms with Gasteiger partial charge in [-0.25, -0.2) is 0 Å². The normalized spacial score (nSPS) is 40.2. The molecule has 1 aliphatic heterocycles. The first-order valence-corrected chi connectivity index (χ1v) is 5.44. The number of aliphatic hydroxyl groups excluding tert-OH is 2. The molecule has 13 heavy (non-hydrogen) atoms. The molecule has 0 amide bonds. The molecular weight excluding hydrogens is 188 g/mol. The second-order valence-corrected chi connectivity index (χ2v) is 4.33. The molecule has 1 rings (SSSR count). The van der Waals surface area contributed by atoms with Gasteiger partial charge in [0.25, 0.3) is 0 Å². The largest absolute Gasteiger partial charge is 0.390 e. The van der Waals surface area contributed by atoms with E-state index < -0.39 is 12.2 Å². The van der Waals surface area contributed by atoms with Gasteiger partial charge in [0.15, 0.2) is 0 Å². The van der Waals surface area contributed by atoms with Crippen LogP contribution in [-0.4, -0.2) is 39.7 Å². The van der Waals surface area contributed by atoms with E-state index in [-0.39, 0.29) is 11.5 Å². The minimum absolute atomic E-state index is 0.189. The highest BCUT2D eigenvalue weighted by molar-refractivity contribution is 7.99. The van der Waals surface area contributed by atoms with Gasteiger partial charge in [0.1, 0.15) is 5.44 Å². The molecule has 0 bridgehead atoms. The fourth-order valence-corrected chi connectivity index (χ4v) is 2.17. The van der Waals surface area contributed by atoms with Crippen molar-refractivity contribution in [3.63, 3.8) is 0 Å². The maximum atomic E-state index is 9.54. The van der Waals surface area contributed by atoms with Crippen LogP contribution in [-0.2, 0) is 4.74 Å². The summed E-state index contributed by atoms with van der Waals surface area (Å²) in [5.41, 5.74) is -0.226. The lowest BCUT2D eigenvalue weighted by Crippen LogP contribution is -2.44. The van der Waals surface area contributed by atoms with E-state index in [1.165, 1.54) is 11.8 Å². The van der Waals surface area contributed by atoms with E-state index in [1.807, 2.05) is 6.92 Å². The van der Waals surface area contributed by atoms with Crippen molar-refractivity contribution < 1.29 is 14.9 Å². The van der Waals surface area contributed by atoms with E-state index in [1.54, 1.807) is 6.08 Å². The molecule has 1 saturated heterocycles. The van der Waals surface area contributed by atoms with Gasteiger partial charge in [0, 0.05) is 12.2 Å². The highest BCUT2D eigenvalue weighted by Crippen LogP contribution is 2.27. The molecule has 1 aliphatic rings. The highest BCUT2D eigenvalue weighted by Gasteiger charge is 2.33. The lowest BCUT2D eigenvalue weighted by Gasteiger charge is -2.35. The Morgan fingerprint density at radius 3 is 2.85 bits per heavy atom. The average Bonchev–Trinajstić information content (AvgIpc) is 2.09. The Morgan fingerprint density at radius 2 is 2.23 bits per heavy atom. The Kier molecular flexibility index (Phi) is 4.25. The van der Waals surface area contributed by atoms with Gasteiger partial charge in [0.2, 0.25) is 0 Å². The van der Waals surface area contributed by atoms with Crippen molar-refractivity contribution in [1.82, 2.24) is 0 Å². The molecular formula is C9H16O3S. The lowest BCUT2D eigenvalue weighted by molar-refractivity contribution is -0.129.